The number of fused-ring (bicyclic) bond motifs is 1. The fourth-order valence-electron chi connectivity index (χ4n) is 3.70. The van der Waals surface area contributed by atoms with E-state index in [1.807, 2.05) is 6.07 Å². The molecule has 1 saturated heterocycles. The molecule has 4 N–H and O–H groups in total. The van der Waals surface area contributed by atoms with Crippen LogP contribution < -0.4 is 27.7 Å². The van der Waals surface area contributed by atoms with E-state index in [4.69, 9.17) is 11.6 Å². The number of nitriles is 1. The molecule has 0 amide bonds. The average molecular weight is 429 g/mol. The van der Waals surface area contributed by atoms with Gasteiger partial charge in [0.25, 0.3) is 5.56 Å². The molecule has 1 fully saturated rings. The summed E-state index contributed by atoms with van der Waals surface area (Å²) in [6, 6.07) is 3.49. The van der Waals surface area contributed by atoms with E-state index in [1.165, 1.54) is 6.07 Å². The molecule has 1 aromatic heterocycles. The van der Waals surface area contributed by atoms with Crippen LogP contribution in [0.25, 0.3) is 10.9 Å². The molecule has 2 aromatic rings. The highest BCUT2D eigenvalue weighted by molar-refractivity contribution is 5.85. The quantitative estimate of drug-likeness (QED) is 0.686. The zero-order valence-corrected chi connectivity index (χ0v) is 16.7. The number of anilines is 1. The largest absolute Gasteiger partial charge is 0.368 e. The molecule has 3 rings (SSSR count). The first-order chi connectivity index (χ1) is 13.3. The molecule has 2 unspecified atom stereocenters. The highest BCUT2D eigenvalue weighted by atomic mass is 35.5. The monoisotopic (exact) mass is 428 g/mol. The summed E-state index contributed by atoms with van der Waals surface area (Å²) in [5, 5.41) is 9.31. The number of nitrogen functional groups attached to an aromatic ring is 1. The van der Waals surface area contributed by atoms with Gasteiger partial charge in [0, 0.05) is 25.0 Å². The molecule has 1 aliphatic rings. The standard InChI is InChI=1S/C18H22F2N6O2.ClH/c1-2-11(7-21)25-14-6-15(24-4-3-18(8-19,9-22)10-24)13(20)5-12(14)16(27)26(23)17(25)28;/h5-6,11H,2-4,8-10,22-23H2,1H3;1H. The number of halogens is 3. The Kier molecular flexibility index (Phi) is 6.55. The Morgan fingerprint density at radius 1 is 1.38 bits per heavy atom. The van der Waals surface area contributed by atoms with E-state index in [0.29, 0.717) is 17.6 Å². The third-order valence-corrected chi connectivity index (χ3v) is 5.53. The number of aromatic nitrogens is 2. The van der Waals surface area contributed by atoms with Crippen molar-refractivity contribution in [2.75, 3.05) is 37.1 Å². The van der Waals surface area contributed by atoms with E-state index in [0.717, 1.165) is 10.6 Å². The highest BCUT2D eigenvalue weighted by Crippen LogP contribution is 2.35. The van der Waals surface area contributed by atoms with Gasteiger partial charge in [-0.25, -0.2) is 9.18 Å². The second-order valence-corrected chi connectivity index (χ2v) is 7.21. The molecule has 0 aliphatic carbocycles. The van der Waals surface area contributed by atoms with Crippen molar-refractivity contribution in [1.29, 1.82) is 5.26 Å². The molecule has 1 aliphatic heterocycles. The van der Waals surface area contributed by atoms with E-state index in [9.17, 15) is 23.6 Å². The highest BCUT2D eigenvalue weighted by Gasteiger charge is 2.38. The molecule has 29 heavy (non-hydrogen) atoms. The fraction of sp³-hybridized carbons (Fsp3) is 0.500. The molecule has 0 spiro atoms. The van der Waals surface area contributed by atoms with E-state index in [2.05, 4.69) is 0 Å². The summed E-state index contributed by atoms with van der Waals surface area (Å²) in [5.41, 5.74) is 3.50. The van der Waals surface area contributed by atoms with Crippen LogP contribution in [0.5, 0.6) is 0 Å². The Labute approximate surface area is 171 Å². The van der Waals surface area contributed by atoms with Gasteiger partial charge in [0.1, 0.15) is 11.9 Å². The summed E-state index contributed by atoms with van der Waals surface area (Å²) >= 11 is 0. The van der Waals surface area contributed by atoms with Crippen LogP contribution in [0.4, 0.5) is 14.5 Å². The number of hydrogen-bond acceptors (Lipinski definition) is 6. The van der Waals surface area contributed by atoms with Gasteiger partial charge in [0.15, 0.2) is 0 Å². The summed E-state index contributed by atoms with van der Waals surface area (Å²) in [4.78, 5) is 26.6. The van der Waals surface area contributed by atoms with Crippen molar-refractivity contribution >= 4 is 29.0 Å². The second-order valence-electron chi connectivity index (χ2n) is 7.21. The number of nitrogens with zero attached hydrogens (tertiary/aromatic N) is 4. The second kappa shape index (κ2) is 8.39. The molecule has 11 heteroatoms. The zero-order chi connectivity index (χ0) is 20.6. The minimum atomic E-state index is -0.878. The Balaban J connectivity index is 0.00000300. The van der Waals surface area contributed by atoms with Gasteiger partial charge < -0.3 is 16.5 Å². The molecule has 158 valence electrons. The minimum absolute atomic E-state index is 0. The summed E-state index contributed by atoms with van der Waals surface area (Å²) in [5.74, 6) is 4.86. The van der Waals surface area contributed by atoms with Crippen LogP contribution >= 0.6 is 12.4 Å². The molecule has 8 nitrogen and oxygen atoms in total. The summed E-state index contributed by atoms with van der Waals surface area (Å²) < 4.78 is 29.8. The lowest BCUT2D eigenvalue weighted by Gasteiger charge is -2.26. The first kappa shape index (κ1) is 22.6. The van der Waals surface area contributed by atoms with Crippen molar-refractivity contribution in [1.82, 2.24) is 9.24 Å². The van der Waals surface area contributed by atoms with Crippen LogP contribution in [0.2, 0.25) is 0 Å². The normalized spacial score (nSPS) is 19.8. The number of rotatable bonds is 5. The lowest BCUT2D eigenvalue weighted by Crippen LogP contribution is -2.45. The van der Waals surface area contributed by atoms with Gasteiger partial charge in [-0.05, 0) is 25.0 Å². The topological polar surface area (TPSA) is 123 Å². The molecular formula is C18H23ClF2N6O2. The zero-order valence-electron chi connectivity index (χ0n) is 15.9. The third-order valence-electron chi connectivity index (χ3n) is 5.53. The molecule has 2 atom stereocenters. The average Bonchev–Trinajstić information content (AvgIpc) is 3.14. The van der Waals surface area contributed by atoms with Gasteiger partial charge in [0.2, 0.25) is 0 Å². The summed E-state index contributed by atoms with van der Waals surface area (Å²) in [7, 11) is 0. The number of hydrogen-bond donors (Lipinski definition) is 2. The maximum absolute atomic E-state index is 14.8. The van der Waals surface area contributed by atoms with Crippen LogP contribution in [0.15, 0.2) is 21.7 Å². The van der Waals surface area contributed by atoms with Crippen LogP contribution in [-0.4, -0.2) is 35.6 Å². The van der Waals surface area contributed by atoms with Crippen molar-refractivity contribution in [2.24, 2.45) is 11.1 Å². The predicted molar refractivity (Wildman–Crippen MR) is 109 cm³/mol. The molecule has 0 saturated carbocycles. The van der Waals surface area contributed by atoms with E-state index in [-0.39, 0.29) is 48.5 Å². The summed E-state index contributed by atoms with van der Waals surface area (Å²) in [6.07, 6.45) is 0.753. The van der Waals surface area contributed by atoms with Gasteiger partial charge in [-0.15, -0.1) is 12.4 Å². The van der Waals surface area contributed by atoms with Crippen molar-refractivity contribution in [2.45, 2.75) is 25.8 Å². The predicted octanol–water partition coefficient (Wildman–Crippen LogP) is 1.04. The number of alkyl halides is 1. The Bertz CT molecular complexity index is 1070. The van der Waals surface area contributed by atoms with Gasteiger partial charge in [-0.2, -0.15) is 9.94 Å². The van der Waals surface area contributed by atoms with E-state index in [1.54, 1.807) is 11.8 Å². The van der Waals surface area contributed by atoms with Crippen molar-refractivity contribution in [3.05, 3.63) is 38.8 Å². The van der Waals surface area contributed by atoms with Crippen LogP contribution in [0.3, 0.4) is 0 Å². The minimum Gasteiger partial charge on any atom is -0.368 e. The van der Waals surface area contributed by atoms with Crippen molar-refractivity contribution < 1.29 is 8.78 Å². The Morgan fingerprint density at radius 2 is 2.07 bits per heavy atom. The smallest absolute Gasteiger partial charge is 0.351 e. The third kappa shape index (κ3) is 3.56. The Morgan fingerprint density at radius 3 is 2.59 bits per heavy atom. The lowest BCUT2D eigenvalue weighted by molar-refractivity contribution is 0.242. The van der Waals surface area contributed by atoms with Crippen LogP contribution in [0.1, 0.15) is 25.8 Å². The lowest BCUT2D eigenvalue weighted by atomic mass is 9.89. The maximum atomic E-state index is 14.8. The van der Waals surface area contributed by atoms with E-state index >= 15 is 0 Å². The van der Waals surface area contributed by atoms with Crippen LogP contribution in [0, 0.1) is 22.6 Å². The number of benzene rings is 1. The maximum Gasteiger partial charge on any atom is 0.351 e. The van der Waals surface area contributed by atoms with Gasteiger partial charge in [-0.1, -0.05) is 6.92 Å². The fourth-order valence-corrected chi connectivity index (χ4v) is 3.70. The molecule has 1 aromatic carbocycles. The van der Waals surface area contributed by atoms with E-state index < -0.39 is 35.2 Å². The van der Waals surface area contributed by atoms with Crippen molar-refractivity contribution in [3.8, 4) is 6.07 Å². The SMILES string of the molecule is CCC(C#N)n1c(=O)n(N)c(=O)c2cc(F)c(N3CCC(CN)(CF)C3)cc21.Cl. The first-order valence-electron chi connectivity index (χ1n) is 8.99. The van der Waals surface area contributed by atoms with Gasteiger partial charge in [0.05, 0.1) is 29.3 Å². The van der Waals surface area contributed by atoms with Crippen LogP contribution in [-0.2, 0) is 0 Å². The first-order valence-corrected chi connectivity index (χ1v) is 8.99. The van der Waals surface area contributed by atoms with Gasteiger partial charge >= 0.3 is 5.69 Å². The molecule has 0 radical (unpaired) electrons. The molecule has 0 bridgehead atoms. The Hall–Kier alpha value is -2.64. The number of nitrogens with two attached hydrogens (primary N) is 2. The van der Waals surface area contributed by atoms with Crippen molar-refractivity contribution in [3.63, 3.8) is 0 Å². The summed E-state index contributed by atoms with van der Waals surface area (Å²) in [6.45, 7) is 1.82. The molecular weight excluding hydrogens is 406 g/mol. The molecule has 2 heterocycles. The van der Waals surface area contributed by atoms with Gasteiger partial charge in [-0.3, -0.25) is 13.8 Å².